The summed E-state index contributed by atoms with van der Waals surface area (Å²) in [5, 5.41) is 10.7. The second-order valence-corrected chi connectivity index (χ2v) is 4.20. The van der Waals surface area contributed by atoms with Crippen molar-refractivity contribution in [3.05, 3.63) is 16.1 Å². The van der Waals surface area contributed by atoms with Gasteiger partial charge in [0.2, 0.25) is 0 Å². The van der Waals surface area contributed by atoms with Gasteiger partial charge in [-0.25, -0.2) is 4.98 Å². The van der Waals surface area contributed by atoms with Gasteiger partial charge in [0.1, 0.15) is 0 Å². The van der Waals surface area contributed by atoms with E-state index in [1.807, 2.05) is 6.92 Å². The van der Waals surface area contributed by atoms with Crippen LogP contribution in [0.5, 0.6) is 0 Å². The van der Waals surface area contributed by atoms with E-state index in [-0.39, 0.29) is 6.10 Å². The van der Waals surface area contributed by atoms with Crippen molar-refractivity contribution in [1.82, 2.24) is 4.98 Å². The lowest BCUT2D eigenvalue weighted by Gasteiger charge is -2.06. The van der Waals surface area contributed by atoms with Gasteiger partial charge >= 0.3 is 0 Å². The Morgan fingerprint density at radius 3 is 3.00 bits per heavy atom. The first kappa shape index (κ1) is 10.6. The molecule has 0 spiro atoms. The summed E-state index contributed by atoms with van der Waals surface area (Å²) >= 11 is 1.55. The normalized spacial score (nSPS) is 13.2. The first-order valence-electron chi connectivity index (χ1n) is 4.33. The number of ether oxygens (including phenoxy) is 1. The van der Waals surface area contributed by atoms with Crippen LogP contribution in [0.25, 0.3) is 0 Å². The Kier molecular flexibility index (Phi) is 4.35. The van der Waals surface area contributed by atoms with Crippen LogP contribution >= 0.6 is 11.3 Å². The van der Waals surface area contributed by atoms with Crippen LogP contribution in [-0.4, -0.2) is 23.8 Å². The summed E-state index contributed by atoms with van der Waals surface area (Å²) in [5.74, 6) is 0. The maximum Gasteiger partial charge on any atom is 0.0899 e. The fraction of sp³-hybridized carbons (Fsp3) is 0.667. The predicted octanol–water partition coefficient (Wildman–Crippen LogP) is 1.91. The largest absolute Gasteiger partial charge is 0.388 e. The lowest BCUT2D eigenvalue weighted by molar-refractivity contribution is 0.138. The van der Waals surface area contributed by atoms with E-state index in [1.165, 1.54) is 0 Å². The summed E-state index contributed by atoms with van der Waals surface area (Å²) < 4.78 is 4.91. The third kappa shape index (κ3) is 3.42. The van der Waals surface area contributed by atoms with Crippen molar-refractivity contribution in [2.45, 2.75) is 25.9 Å². The summed E-state index contributed by atoms with van der Waals surface area (Å²) in [4.78, 5) is 5.05. The Labute approximate surface area is 82.4 Å². The van der Waals surface area contributed by atoms with E-state index in [0.29, 0.717) is 6.61 Å². The van der Waals surface area contributed by atoms with Crippen molar-refractivity contribution in [3.63, 3.8) is 0 Å². The van der Waals surface area contributed by atoms with Crippen molar-refractivity contribution in [1.29, 1.82) is 0 Å². The predicted molar refractivity (Wildman–Crippen MR) is 52.9 cm³/mol. The van der Waals surface area contributed by atoms with Gasteiger partial charge in [-0.1, -0.05) is 0 Å². The Hall–Kier alpha value is -0.450. The highest BCUT2D eigenvalue weighted by molar-refractivity contribution is 7.11. The molecule has 0 bridgehead atoms. The standard InChI is InChI=1S/C9H15NO2S/c1-7-10-6-9(13-7)8(11)4-3-5-12-2/h6,8,11H,3-5H2,1-2H3. The molecule has 74 valence electrons. The highest BCUT2D eigenvalue weighted by Gasteiger charge is 2.09. The average molecular weight is 201 g/mol. The number of hydrogen-bond donors (Lipinski definition) is 1. The minimum atomic E-state index is -0.374. The molecule has 0 amide bonds. The maximum absolute atomic E-state index is 9.68. The number of rotatable bonds is 5. The molecule has 0 saturated carbocycles. The number of nitrogens with zero attached hydrogens (tertiary/aromatic N) is 1. The number of thiazole rings is 1. The van der Waals surface area contributed by atoms with Crippen LogP contribution in [0, 0.1) is 6.92 Å². The van der Waals surface area contributed by atoms with Gasteiger partial charge in [-0.3, -0.25) is 0 Å². The zero-order chi connectivity index (χ0) is 9.68. The summed E-state index contributed by atoms with van der Waals surface area (Å²) in [7, 11) is 1.67. The van der Waals surface area contributed by atoms with E-state index >= 15 is 0 Å². The van der Waals surface area contributed by atoms with Crippen molar-refractivity contribution in [2.75, 3.05) is 13.7 Å². The second-order valence-electron chi connectivity index (χ2n) is 2.93. The summed E-state index contributed by atoms with van der Waals surface area (Å²) in [6, 6.07) is 0. The van der Waals surface area contributed by atoms with Crippen molar-refractivity contribution >= 4 is 11.3 Å². The highest BCUT2D eigenvalue weighted by Crippen LogP contribution is 2.23. The molecular formula is C9H15NO2S. The Morgan fingerprint density at radius 2 is 2.46 bits per heavy atom. The smallest absolute Gasteiger partial charge is 0.0899 e. The van der Waals surface area contributed by atoms with Crippen molar-refractivity contribution in [2.24, 2.45) is 0 Å². The topological polar surface area (TPSA) is 42.4 Å². The molecule has 0 aliphatic heterocycles. The van der Waals surface area contributed by atoms with Crippen LogP contribution in [0.1, 0.15) is 28.8 Å². The van der Waals surface area contributed by atoms with E-state index in [4.69, 9.17) is 4.74 Å². The molecule has 1 aromatic heterocycles. The summed E-state index contributed by atoms with van der Waals surface area (Å²) in [6.45, 7) is 2.64. The van der Waals surface area contributed by atoms with E-state index in [1.54, 1.807) is 24.6 Å². The monoisotopic (exact) mass is 201 g/mol. The first-order valence-corrected chi connectivity index (χ1v) is 5.15. The van der Waals surface area contributed by atoms with Gasteiger partial charge in [0.15, 0.2) is 0 Å². The molecule has 4 heteroatoms. The van der Waals surface area contributed by atoms with Crippen LogP contribution in [0.4, 0.5) is 0 Å². The Morgan fingerprint density at radius 1 is 1.69 bits per heavy atom. The number of hydrogen-bond acceptors (Lipinski definition) is 4. The molecule has 1 rings (SSSR count). The van der Waals surface area contributed by atoms with E-state index in [9.17, 15) is 5.11 Å². The fourth-order valence-electron chi connectivity index (χ4n) is 1.10. The minimum absolute atomic E-state index is 0.374. The quantitative estimate of drug-likeness (QED) is 0.740. The third-order valence-electron chi connectivity index (χ3n) is 1.79. The molecule has 1 N–H and O–H groups in total. The molecule has 1 heterocycles. The van der Waals surface area contributed by atoms with Gasteiger partial charge in [0.05, 0.1) is 16.0 Å². The lowest BCUT2D eigenvalue weighted by atomic mass is 10.2. The molecule has 0 radical (unpaired) electrons. The van der Waals surface area contributed by atoms with Crippen LogP contribution in [-0.2, 0) is 4.74 Å². The van der Waals surface area contributed by atoms with Gasteiger partial charge in [-0.15, -0.1) is 11.3 Å². The van der Waals surface area contributed by atoms with Gasteiger partial charge in [0, 0.05) is 19.9 Å². The fourth-order valence-corrected chi connectivity index (χ4v) is 1.90. The number of aryl methyl sites for hydroxylation is 1. The van der Waals surface area contributed by atoms with Gasteiger partial charge in [-0.2, -0.15) is 0 Å². The molecule has 1 unspecified atom stereocenters. The zero-order valence-electron chi connectivity index (χ0n) is 7.99. The van der Waals surface area contributed by atoms with Crippen LogP contribution in [0.2, 0.25) is 0 Å². The van der Waals surface area contributed by atoms with E-state index < -0.39 is 0 Å². The molecular weight excluding hydrogens is 186 g/mol. The van der Waals surface area contributed by atoms with Gasteiger partial charge in [-0.05, 0) is 19.8 Å². The molecule has 0 aromatic carbocycles. The zero-order valence-corrected chi connectivity index (χ0v) is 8.80. The van der Waals surface area contributed by atoms with Crippen molar-refractivity contribution in [3.8, 4) is 0 Å². The lowest BCUT2D eigenvalue weighted by Crippen LogP contribution is -1.97. The number of methoxy groups -OCH3 is 1. The minimum Gasteiger partial charge on any atom is -0.388 e. The average Bonchev–Trinajstić information content (AvgIpc) is 2.52. The molecule has 3 nitrogen and oxygen atoms in total. The number of aromatic nitrogens is 1. The van der Waals surface area contributed by atoms with Gasteiger partial charge in [0.25, 0.3) is 0 Å². The van der Waals surface area contributed by atoms with E-state index in [2.05, 4.69) is 4.98 Å². The third-order valence-corrected chi connectivity index (χ3v) is 2.81. The van der Waals surface area contributed by atoms with Crippen LogP contribution < -0.4 is 0 Å². The molecule has 13 heavy (non-hydrogen) atoms. The second kappa shape index (κ2) is 5.32. The van der Waals surface area contributed by atoms with Crippen LogP contribution in [0.15, 0.2) is 6.20 Å². The molecule has 1 aromatic rings. The maximum atomic E-state index is 9.68. The molecule has 1 atom stereocenters. The molecule has 0 aliphatic carbocycles. The number of aliphatic hydroxyl groups is 1. The summed E-state index contributed by atoms with van der Waals surface area (Å²) in [5.41, 5.74) is 0. The van der Waals surface area contributed by atoms with Gasteiger partial charge < -0.3 is 9.84 Å². The Bertz CT molecular complexity index is 250. The number of aliphatic hydroxyl groups excluding tert-OH is 1. The summed E-state index contributed by atoms with van der Waals surface area (Å²) in [6.07, 6.45) is 3.00. The first-order chi connectivity index (χ1) is 6.24. The molecule has 0 fully saturated rings. The van der Waals surface area contributed by atoms with E-state index in [0.717, 1.165) is 22.7 Å². The molecule has 0 saturated heterocycles. The highest BCUT2D eigenvalue weighted by atomic mass is 32.1. The van der Waals surface area contributed by atoms with Crippen LogP contribution in [0.3, 0.4) is 0 Å². The van der Waals surface area contributed by atoms with Crippen molar-refractivity contribution < 1.29 is 9.84 Å². The molecule has 0 aliphatic rings. The SMILES string of the molecule is COCCCC(O)c1cnc(C)s1. The Balaban J connectivity index is 2.35.